The highest BCUT2D eigenvalue weighted by molar-refractivity contribution is 9.11. The van der Waals surface area contributed by atoms with Crippen LogP contribution < -0.4 is 10.6 Å². The Morgan fingerprint density at radius 3 is 2.75 bits per heavy atom. The van der Waals surface area contributed by atoms with Crippen molar-refractivity contribution in [2.75, 3.05) is 11.9 Å². The maximum atomic E-state index is 11.8. The summed E-state index contributed by atoms with van der Waals surface area (Å²) in [5.41, 5.74) is 0.815. The molecule has 7 heteroatoms. The molecule has 2 aromatic heterocycles. The molecule has 0 fully saturated rings. The van der Waals surface area contributed by atoms with E-state index >= 15 is 0 Å². The summed E-state index contributed by atoms with van der Waals surface area (Å²) in [6, 6.07) is 8.83. The Morgan fingerprint density at radius 1 is 1.30 bits per heavy atom. The van der Waals surface area contributed by atoms with Crippen LogP contribution in [0.15, 0.2) is 34.1 Å². The van der Waals surface area contributed by atoms with Crippen molar-refractivity contribution < 1.29 is 9.59 Å². The number of rotatable bonds is 4. The van der Waals surface area contributed by atoms with Gasteiger partial charge in [-0.2, -0.15) is 0 Å². The Hall–Kier alpha value is -1.73. The number of hydrogen-bond acceptors (Lipinski definition) is 4. The van der Waals surface area contributed by atoms with Crippen LogP contribution in [0.5, 0.6) is 0 Å². The molecule has 104 valence electrons. The lowest BCUT2D eigenvalue weighted by atomic mass is 10.3. The predicted octanol–water partition coefficient (Wildman–Crippen LogP) is 2.58. The van der Waals surface area contributed by atoms with Gasteiger partial charge >= 0.3 is 0 Å². The molecule has 2 heterocycles. The fourth-order valence-electron chi connectivity index (χ4n) is 1.48. The van der Waals surface area contributed by atoms with Crippen LogP contribution in [0.3, 0.4) is 0 Å². The summed E-state index contributed by atoms with van der Waals surface area (Å²) in [7, 11) is 0. The van der Waals surface area contributed by atoms with E-state index in [0.29, 0.717) is 10.7 Å². The summed E-state index contributed by atoms with van der Waals surface area (Å²) in [6.45, 7) is 1.75. The highest BCUT2D eigenvalue weighted by atomic mass is 79.9. The third-order valence-corrected chi connectivity index (χ3v) is 3.98. The maximum Gasteiger partial charge on any atom is 0.261 e. The molecule has 0 atom stereocenters. The quantitative estimate of drug-likeness (QED) is 0.887. The molecule has 0 spiro atoms. The number of amides is 2. The molecule has 2 amide bonds. The molecule has 0 aliphatic rings. The summed E-state index contributed by atoms with van der Waals surface area (Å²) in [4.78, 5) is 28.2. The first-order valence-corrected chi connectivity index (χ1v) is 7.42. The summed E-state index contributed by atoms with van der Waals surface area (Å²) >= 11 is 4.60. The second-order valence-corrected chi connectivity index (χ2v) is 6.46. The van der Waals surface area contributed by atoms with Gasteiger partial charge in [-0.3, -0.25) is 9.59 Å². The van der Waals surface area contributed by atoms with Crippen molar-refractivity contribution in [3.63, 3.8) is 0 Å². The van der Waals surface area contributed by atoms with Gasteiger partial charge in [0, 0.05) is 5.69 Å². The van der Waals surface area contributed by atoms with Gasteiger partial charge in [0.05, 0.1) is 15.2 Å². The number of hydrogen-bond donors (Lipinski definition) is 2. The number of nitrogens with one attached hydrogen (secondary N) is 2. The van der Waals surface area contributed by atoms with Crippen molar-refractivity contribution in [1.29, 1.82) is 0 Å². The molecular formula is C13H12BrN3O2S. The van der Waals surface area contributed by atoms with Crippen molar-refractivity contribution in [3.05, 3.63) is 44.7 Å². The Bertz CT molecular complexity index is 642. The number of carbonyl (C=O) groups excluding carboxylic acids is 2. The van der Waals surface area contributed by atoms with Crippen LogP contribution in [0.25, 0.3) is 0 Å². The van der Waals surface area contributed by atoms with Gasteiger partial charge in [0.2, 0.25) is 5.91 Å². The lowest BCUT2D eigenvalue weighted by Crippen LogP contribution is -2.32. The number of thiophene rings is 1. The zero-order chi connectivity index (χ0) is 14.5. The van der Waals surface area contributed by atoms with Gasteiger partial charge < -0.3 is 10.6 Å². The van der Waals surface area contributed by atoms with Crippen molar-refractivity contribution >= 4 is 44.9 Å². The smallest absolute Gasteiger partial charge is 0.261 e. The van der Waals surface area contributed by atoms with E-state index in [9.17, 15) is 9.59 Å². The van der Waals surface area contributed by atoms with Crippen molar-refractivity contribution in [2.24, 2.45) is 0 Å². The molecule has 2 N–H and O–H groups in total. The molecule has 0 aliphatic heterocycles. The van der Waals surface area contributed by atoms with Crippen LogP contribution in [0.4, 0.5) is 5.82 Å². The van der Waals surface area contributed by atoms with Crippen LogP contribution in [-0.2, 0) is 4.79 Å². The maximum absolute atomic E-state index is 11.8. The minimum atomic E-state index is -0.313. The van der Waals surface area contributed by atoms with Gasteiger partial charge in [-0.25, -0.2) is 4.98 Å². The van der Waals surface area contributed by atoms with E-state index in [2.05, 4.69) is 31.5 Å². The summed E-state index contributed by atoms with van der Waals surface area (Å²) in [6.07, 6.45) is 0. The first-order valence-electron chi connectivity index (χ1n) is 5.81. The lowest BCUT2D eigenvalue weighted by molar-refractivity contribution is -0.115. The highest BCUT2D eigenvalue weighted by Crippen LogP contribution is 2.21. The Balaban J connectivity index is 1.85. The van der Waals surface area contributed by atoms with Gasteiger partial charge in [0.15, 0.2) is 0 Å². The number of pyridine rings is 1. The van der Waals surface area contributed by atoms with E-state index < -0.39 is 0 Å². The van der Waals surface area contributed by atoms with Crippen molar-refractivity contribution in [2.45, 2.75) is 6.92 Å². The highest BCUT2D eigenvalue weighted by Gasteiger charge is 2.10. The molecule has 5 nitrogen and oxygen atoms in total. The largest absolute Gasteiger partial charge is 0.342 e. The number of halogens is 1. The molecule has 20 heavy (non-hydrogen) atoms. The fraction of sp³-hybridized carbons (Fsp3) is 0.154. The standard InChI is InChI=1S/C13H12BrN3O2S/c1-8-3-2-4-11(16-8)17-12(18)7-15-13(19)9-5-6-10(14)20-9/h2-6H,7H2,1H3,(H,15,19)(H,16,17,18). The summed E-state index contributed by atoms with van der Waals surface area (Å²) in [5.74, 6) is -0.108. The topological polar surface area (TPSA) is 71.1 Å². The average molecular weight is 354 g/mol. The van der Waals surface area contributed by atoms with Crippen LogP contribution >= 0.6 is 27.3 Å². The van der Waals surface area contributed by atoms with E-state index in [4.69, 9.17) is 0 Å². The number of aryl methyl sites for hydroxylation is 1. The van der Waals surface area contributed by atoms with Crippen LogP contribution in [0.1, 0.15) is 15.4 Å². The molecule has 0 aromatic carbocycles. The molecule has 2 aromatic rings. The van der Waals surface area contributed by atoms with Crippen LogP contribution in [0.2, 0.25) is 0 Å². The van der Waals surface area contributed by atoms with Gasteiger partial charge in [-0.1, -0.05) is 6.07 Å². The fourth-order valence-corrected chi connectivity index (χ4v) is 2.79. The van der Waals surface area contributed by atoms with E-state index in [1.165, 1.54) is 11.3 Å². The monoisotopic (exact) mass is 353 g/mol. The van der Waals surface area contributed by atoms with E-state index in [0.717, 1.165) is 9.48 Å². The first kappa shape index (κ1) is 14.7. The molecule has 0 saturated heterocycles. The second-order valence-electron chi connectivity index (χ2n) is 4.00. The molecule has 0 unspecified atom stereocenters. The van der Waals surface area contributed by atoms with Crippen molar-refractivity contribution in [1.82, 2.24) is 10.3 Å². The predicted molar refractivity (Wildman–Crippen MR) is 82.0 cm³/mol. The average Bonchev–Trinajstić information content (AvgIpc) is 2.83. The Morgan fingerprint density at radius 2 is 2.10 bits per heavy atom. The second kappa shape index (κ2) is 6.62. The van der Waals surface area contributed by atoms with Gasteiger partial charge in [0.25, 0.3) is 5.91 Å². The SMILES string of the molecule is Cc1cccc(NC(=O)CNC(=O)c2ccc(Br)s2)n1. The minimum absolute atomic E-state index is 0.0933. The molecule has 0 bridgehead atoms. The van der Waals surface area contributed by atoms with E-state index in [1.54, 1.807) is 24.3 Å². The zero-order valence-corrected chi connectivity index (χ0v) is 13.0. The lowest BCUT2D eigenvalue weighted by Gasteiger charge is -2.06. The molecule has 0 radical (unpaired) electrons. The number of carbonyl (C=O) groups is 2. The first-order chi connectivity index (χ1) is 9.54. The van der Waals surface area contributed by atoms with Crippen LogP contribution in [-0.4, -0.2) is 23.3 Å². The molecule has 0 saturated carbocycles. The molecule has 2 rings (SSSR count). The van der Waals surface area contributed by atoms with Gasteiger partial charge in [-0.15, -0.1) is 11.3 Å². The van der Waals surface area contributed by atoms with Crippen molar-refractivity contribution in [3.8, 4) is 0 Å². The summed E-state index contributed by atoms with van der Waals surface area (Å²) in [5, 5.41) is 5.18. The Labute approximate surface area is 128 Å². The normalized spacial score (nSPS) is 10.1. The molecular weight excluding hydrogens is 342 g/mol. The third kappa shape index (κ3) is 4.14. The Kier molecular flexibility index (Phi) is 4.86. The molecule has 0 aliphatic carbocycles. The van der Waals surface area contributed by atoms with E-state index in [-0.39, 0.29) is 18.4 Å². The van der Waals surface area contributed by atoms with E-state index in [1.807, 2.05) is 13.0 Å². The van der Waals surface area contributed by atoms with Gasteiger partial charge in [0.1, 0.15) is 5.82 Å². The number of anilines is 1. The minimum Gasteiger partial charge on any atom is -0.342 e. The third-order valence-electron chi connectivity index (χ3n) is 2.36. The van der Waals surface area contributed by atoms with Crippen LogP contribution in [0, 0.1) is 6.92 Å². The number of nitrogens with zero attached hydrogens (tertiary/aromatic N) is 1. The number of aromatic nitrogens is 1. The zero-order valence-electron chi connectivity index (χ0n) is 10.6. The summed E-state index contributed by atoms with van der Waals surface area (Å²) < 4.78 is 0.871. The van der Waals surface area contributed by atoms with Gasteiger partial charge in [-0.05, 0) is 47.1 Å².